The molecule has 1 aromatic carbocycles. The Morgan fingerprint density at radius 3 is 2.59 bits per heavy atom. The smallest absolute Gasteiger partial charge is 0.161 e. The van der Waals surface area contributed by atoms with Crippen LogP contribution in [0, 0.1) is 0 Å². The second kappa shape index (κ2) is 8.17. The normalized spacial score (nSPS) is 11.6. The molecule has 0 saturated carbocycles. The standard InChI is InChI=1S/C26H22N8/c1-34(2)15-16-11-18(14-28-12-16)20-8-9-22-24(29-20)25(33-32-22)26-30-21-7-3-6-19(23(21)31-26)17-5-4-10-27-13-17/h3-14H,15H2,1-2H3,(H,30,31)(H,32,33). The number of imidazole rings is 1. The Kier molecular flexibility index (Phi) is 4.85. The van der Waals surface area contributed by atoms with Crippen LogP contribution in [-0.4, -0.2) is 54.1 Å². The molecule has 8 heteroatoms. The first-order valence-electron chi connectivity index (χ1n) is 11.0. The van der Waals surface area contributed by atoms with Gasteiger partial charge in [0.15, 0.2) is 11.5 Å². The maximum absolute atomic E-state index is 4.94. The predicted molar refractivity (Wildman–Crippen MR) is 133 cm³/mol. The minimum absolute atomic E-state index is 0.668. The fourth-order valence-corrected chi connectivity index (χ4v) is 4.20. The third-order valence-corrected chi connectivity index (χ3v) is 5.71. The zero-order valence-corrected chi connectivity index (χ0v) is 18.8. The van der Waals surface area contributed by atoms with Crippen molar-refractivity contribution in [1.82, 2.24) is 40.0 Å². The number of nitrogens with one attached hydrogen (secondary N) is 2. The summed E-state index contributed by atoms with van der Waals surface area (Å²) < 4.78 is 0. The van der Waals surface area contributed by atoms with E-state index in [9.17, 15) is 0 Å². The lowest BCUT2D eigenvalue weighted by Crippen LogP contribution is -2.10. The summed E-state index contributed by atoms with van der Waals surface area (Å²) >= 11 is 0. The summed E-state index contributed by atoms with van der Waals surface area (Å²) in [4.78, 5) is 24.0. The Balaban J connectivity index is 1.45. The topological polar surface area (TPSA) is 99.3 Å². The first-order chi connectivity index (χ1) is 16.7. The van der Waals surface area contributed by atoms with Crippen LogP contribution in [0.15, 0.2) is 73.3 Å². The summed E-state index contributed by atoms with van der Waals surface area (Å²) in [5, 5.41) is 7.63. The molecule has 0 unspecified atom stereocenters. The van der Waals surface area contributed by atoms with Gasteiger partial charge < -0.3 is 9.88 Å². The van der Waals surface area contributed by atoms with Gasteiger partial charge in [0, 0.05) is 48.0 Å². The molecule has 8 nitrogen and oxygen atoms in total. The van der Waals surface area contributed by atoms with Crippen LogP contribution in [0.5, 0.6) is 0 Å². The van der Waals surface area contributed by atoms with Gasteiger partial charge in [0.05, 0.1) is 22.2 Å². The lowest BCUT2D eigenvalue weighted by Gasteiger charge is -2.10. The number of fused-ring (bicyclic) bond motifs is 2. The molecule has 0 bridgehead atoms. The number of hydrogen-bond donors (Lipinski definition) is 2. The van der Waals surface area contributed by atoms with Crippen LogP contribution in [0.25, 0.3) is 56.0 Å². The van der Waals surface area contributed by atoms with Crippen LogP contribution < -0.4 is 0 Å². The second-order valence-electron chi connectivity index (χ2n) is 8.51. The number of nitrogens with zero attached hydrogens (tertiary/aromatic N) is 6. The van der Waals surface area contributed by atoms with Gasteiger partial charge in [0.25, 0.3) is 0 Å². The van der Waals surface area contributed by atoms with E-state index in [0.717, 1.165) is 56.6 Å². The van der Waals surface area contributed by atoms with E-state index in [4.69, 9.17) is 9.97 Å². The SMILES string of the molecule is CN(C)Cc1cncc(-c2ccc3[nH]nc(-c4nc5c(-c6cccnc6)cccc5[nH]4)c3n2)c1. The van der Waals surface area contributed by atoms with Crippen molar-refractivity contribution >= 4 is 22.1 Å². The van der Waals surface area contributed by atoms with Crippen LogP contribution >= 0.6 is 0 Å². The number of benzene rings is 1. The van der Waals surface area contributed by atoms with Gasteiger partial charge >= 0.3 is 0 Å². The fourth-order valence-electron chi connectivity index (χ4n) is 4.20. The average Bonchev–Trinajstić information content (AvgIpc) is 3.48. The maximum Gasteiger partial charge on any atom is 0.161 e. The van der Waals surface area contributed by atoms with Crippen molar-refractivity contribution in [1.29, 1.82) is 0 Å². The Labute approximate surface area is 195 Å². The fraction of sp³-hybridized carbons (Fsp3) is 0.115. The van der Waals surface area contributed by atoms with Gasteiger partial charge in [0.2, 0.25) is 0 Å². The molecule has 2 N–H and O–H groups in total. The van der Waals surface area contributed by atoms with E-state index in [-0.39, 0.29) is 0 Å². The maximum atomic E-state index is 4.94. The lowest BCUT2D eigenvalue weighted by atomic mass is 10.1. The molecule has 0 saturated heterocycles. The third-order valence-electron chi connectivity index (χ3n) is 5.71. The molecular weight excluding hydrogens is 424 g/mol. The summed E-state index contributed by atoms with van der Waals surface area (Å²) in [7, 11) is 4.09. The number of hydrogen-bond acceptors (Lipinski definition) is 6. The molecule has 166 valence electrons. The summed E-state index contributed by atoms with van der Waals surface area (Å²) in [5.41, 5.74) is 9.09. The van der Waals surface area contributed by atoms with Crippen LogP contribution in [0.3, 0.4) is 0 Å². The predicted octanol–water partition coefficient (Wildman–Crippen LogP) is 4.69. The van der Waals surface area contributed by atoms with Gasteiger partial charge in [-0.15, -0.1) is 0 Å². The summed E-state index contributed by atoms with van der Waals surface area (Å²) in [6.07, 6.45) is 7.35. The van der Waals surface area contributed by atoms with Crippen molar-refractivity contribution in [3.8, 4) is 33.9 Å². The minimum atomic E-state index is 0.668. The largest absolute Gasteiger partial charge is 0.336 e. The van der Waals surface area contributed by atoms with Gasteiger partial charge in [0.1, 0.15) is 5.52 Å². The second-order valence-corrected chi connectivity index (χ2v) is 8.51. The van der Waals surface area contributed by atoms with Crippen LogP contribution in [0.1, 0.15) is 5.56 Å². The van der Waals surface area contributed by atoms with Crippen molar-refractivity contribution in [2.24, 2.45) is 0 Å². The van der Waals surface area contributed by atoms with E-state index in [0.29, 0.717) is 11.5 Å². The Morgan fingerprint density at radius 2 is 1.74 bits per heavy atom. The van der Waals surface area contributed by atoms with Gasteiger partial charge in [-0.05, 0) is 50.0 Å². The first-order valence-corrected chi connectivity index (χ1v) is 11.0. The van der Waals surface area contributed by atoms with Gasteiger partial charge in [-0.1, -0.05) is 18.2 Å². The summed E-state index contributed by atoms with van der Waals surface area (Å²) in [6.45, 7) is 0.818. The highest BCUT2D eigenvalue weighted by Gasteiger charge is 2.17. The number of rotatable bonds is 5. The molecule has 6 rings (SSSR count). The molecule has 0 amide bonds. The minimum Gasteiger partial charge on any atom is -0.336 e. The number of aromatic nitrogens is 7. The van der Waals surface area contributed by atoms with Crippen LogP contribution in [0.2, 0.25) is 0 Å². The van der Waals surface area contributed by atoms with E-state index in [2.05, 4.69) is 42.2 Å². The Morgan fingerprint density at radius 1 is 0.824 bits per heavy atom. The van der Waals surface area contributed by atoms with Crippen molar-refractivity contribution in [3.05, 3.63) is 78.9 Å². The molecule has 0 spiro atoms. The molecule has 5 aromatic heterocycles. The molecule has 0 radical (unpaired) electrons. The van der Waals surface area contributed by atoms with Crippen molar-refractivity contribution in [2.75, 3.05) is 14.1 Å². The van der Waals surface area contributed by atoms with Crippen molar-refractivity contribution < 1.29 is 0 Å². The number of para-hydroxylation sites is 1. The molecule has 5 heterocycles. The lowest BCUT2D eigenvalue weighted by molar-refractivity contribution is 0.402. The molecule has 6 aromatic rings. The van der Waals surface area contributed by atoms with Gasteiger partial charge in [-0.3, -0.25) is 15.1 Å². The number of aromatic amines is 2. The van der Waals surface area contributed by atoms with E-state index in [1.165, 1.54) is 0 Å². The van der Waals surface area contributed by atoms with Crippen molar-refractivity contribution in [3.63, 3.8) is 0 Å². The zero-order chi connectivity index (χ0) is 23.1. The van der Waals surface area contributed by atoms with E-state index >= 15 is 0 Å². The average molecular weight is 447 g/mol. The number of H-pyrrole nitrogens is 2. The molecule has 34 heavy (non-hydrogen) atoms. The zero-order valence-electron chi connectivity index (χ0n) is 18.8. The number of pyridine rings is 3. The Bertz CT molecular complexity index is 1610. The molecule has 0 aliphatic carbocycles. The summed E-state index contributed by atoms with van der Waals surface area (Å²) in [6, 6.07) is 16.2. The van der Waals surface area contributed by atoms with Gasteiger partial charge in [-0.2, -0.15) is 5.10 Å². The first kappa shape index (κ1) is 20.2. The van der Waals surface area contributed by atoms with Crippen LogP contribution in [-0.2, 0) is 6.54 Å². The highest BCUT2D eigenvalue weighted by Crippen LogP contribution is 2.31. The molecular formula is C26H22N8. The highest BCUT2D eigenvalue weighted by atomic mass is 15.1. The van der Waals surface area contributed by atoms with Crippen molar-refractivity contribution in [2.45, 2.75) is 6.54 Å². The quantitative estimate of drug-likeness (QED) is 0.399. The monoisotopic (exact) mass is 446 g/mol. The third kappa shape index (κ3) is 3.60. The summed E-state index contributed by atoms with van der Waals surface area (Å²) in [5.74, 6) is 0.668. The highest BCUT2D eigenvalue weighted by molar-refractivity contribution is 5.96. The van der Waals surface area contributed by atoms with E-state index in [1.807, 2.05) is 69.1 Å². The molecule has 0 aliphatic heterocycles. The van der Waals surface area contributed by atoms with Gasteiger partial charge in [-0.25, -0.2) is 9.97 Å². The molecule has 0 aliphatic rings. The van der Waals surface area contributed by atoms with Crippen LogP contribution in [0.4, 0.5) is 0 Å². The molecule has 0 atom stereocenters. The molecule has 0 fully saturated rings. The Hall–Kier alpha value is -4.43. The van der Waals surface area contributed by atoms with E-state index < -0.39 is 0 Å². The van der Waals surface area contributed by atoms with E-state index in [1.54, 1.807) is 6.20 Å².